The molecule has 5 heteroatoms. The van der Waals surface area contributed by atoms with Gasteiger partial charge in [0, 0.05) is 19.7 Å². The molecule has 1 atom stereocenters. The summed E-state index contributed by atoms with van der Waals surface area (Å²) in [5.41, 5.74) is 5.35. The van der Waals surface area contributed by atoms with Gasteiger partial charge in [-0.3, -0.25) is 4.79 Å². The van der Waals surface area contributed by atoms with E-state index in [4.69, 9.17) is 10.5 Å². The van der Waals surface area contributed by atoms with Crippen molar-refractivity contribution in [3.05, 3.63) is 0 Å². The van der Waals surface area contributed by atoms with Crippen molar-refractivity contribution in [1.82, 2.24) is 9.80 Å². The van der Waals surface area contributed by atoms with Crippen LogP contribution in [-0.4, -0.2) is 67.2 Å². The quantitative estimate of drug-likeness (QED) is 0.705. The van der Waals surface area contributed by atoms with Crippen LogP contribution in [0.2, 0.25) is 0 Å². The van der Waals surface area contributed by atoms with Crippen molar-refractivity contribution in [2.24, 2.45) is 5.73 Å². The highest BCUT2D eigenvalue weighted by Crippen LogP contribution is 2.18. The van der Waals surface area contributed by atoms with Gasteiger partial charge in [0.25, 0.3) is 0 Å². The third-order valence-electron chi connectivity index (χ3n) is 3.94. The summed E-state index contributed by atoms with van der Waals surface area (Å²) in [5, 5.41) is 0. The van der Waals surface area contributed by atoms with Crippen LogP contribution in [0.3, 0.4) is 0 Å². The van der Waals surface area contributed by atoms with E-state index in [0.29, 0.717) is 19.6 Å². The van der Waals surface area contributed by atoms with Crippen molar-refractivity contribution in [3.8, 4) is 0 Å². The summed E-state index contributed by atoms with van der Waals surface area (Å²) in [4.78, 5) is 16.7. The maximum atomic E-state index is 12.4. The zero-order valence-corrected chi connectivity index (χ0v) is 12.7. The molecule has 0 bridgehead atoms. The Labute approximate surface area is 117 Å². The largest absolute Gasteiger partial charge is 0.379 e. The first kappa shape index (κ1) is 16.4. The minimum atomic E-state index is -0.786. The first-order chi connectivity index (χ1) is 9.07. The third kappa shape index (κ3) is 4.44. The molecule has 112 valence electrons. The van der Waals surface area contributed by atoms with Crippen LogP contribution >= 0.6 is 0 Å². The fourth-order valence-corrected chi connectivity index (χ4v) is 2.49. The number of hydrogen-bond acceptors (Lipinski definition) is 4. The Morgan fingerprint density at radius 2 is 1.89 bits per heavy atom. The van der Waals surface area contributed by atoms with Crippen molar-refractivity contribution in [2.75, 3.05) is 45.9 Å². The SMILES string of the molecule is CCN(CC)CCCN(CC)C(=O)C1(N)CCOC1. The molecule has 0 aromatic heterocycles. The van der Waals surface area contributed by atoms with E-state index in [-0.39, 0.29) is 5.91 Å². The lowest BCUT2D eigenvalue weighted by Crippen LogP contribution is -2.56. The van der Waals surface area contributed by atoms with E-state index >= 15 is 0 Å². The van der Waals surface area contributed by atoms with Crippen molar-refractivity contribution in [1.29, 1.82) is 0 Å². The molecule has 1 amide bonds. The van der Waals surface area contributed by atoms with Crippen molar-refractivity contribution in [2.45, 2.75) is 39.2 Å². The third-order valence-corrected chi connectivity index (χ3v) is 3.94. The fourth-order valence-electron chi connectivity index (χ4n) is 2.49. The molecule has 2 N–H and O–H groups in total. The van der Waals surface area contributed by atoms with E-state index in [1.165, 1.54) is 0 Å². The first-order valence-electron chi connectivity index (χ1n) is 7.45. The second-order valence-corrected chi connectivity index (χ2v) is 5.22. The predicted octanol–water partition coefficient (Wildman–Crippen LogP) is 0.685. The smallest absolute Gasteiger partial charge is 0.245 e. The second-order valence-electron chi connectivity index (χ2n) is 5.22. The zero-order valence-electron chi connectivity index (χ0n) is 12.7. The maximum absolute atomic E-state index is 12.4. The Bertz CT molecular complexity index is 274. The molecular weight excluding hydrogens is 242 g/mol. The Balaban J connectivity index is 2.42. The molecule has 1 unspecified atom stereocenters. The summed E-state index contributed by atoms with van der Waals surface area (Å²) in [6.07, 6.45) is 1.64. The number of rotatable bonds is 8. The molecule has 1 aliphatic heterocycles. The minimum absolute atomic E-state index is 0.0482. The Morgan fingerprint density at radius 1 is 1.21 bits per heavy atom. The van der Waals surface area contributed by atoms with E-state index in [1.54, 1.807) is 0 Å². The lowest BCUT2D eigenvalue weighted by Gasteiger charge is -2.30. The molecule has 0 spiro atoms. The summed E-state index contributed by atoms with van der Waals surface area (Å²) in [5.74, 6) is 0.0482. The number of ether oxygens (including phenoxy) is 1. The highest BCUT2D eigenvalue weighted by atomic mass is 16.5. The van der Waals surface area contributed by atoms with Gasteiger partial charge in [-0.05, 0) is 39.4 Å². The van der Waals surface area contributed by atoms with Crippen molar-refractivity contribution < 1.29 is 9.53 Å². The summed E-state index contributed by atoms with van der Waals surface area (Å²) < 4.78 is 5.27. The van der Waals surface area contributed by atoms with Crippen molar-refractivity contribution in [3.63, 3.8) is 0 Å². The van der Waals surface area contributed by atoms with E-state index < -0.39 is 5.54 Å². The highest BCUT2D eigenvalue weighted by molar-refractivity contribution is 5.86. The van der Waals surface area contributed by atoms with Crippen LogP contribution in [-0.2, 0) is 9.53 Å². The van der Waals surface area contributed by atoms with Crippen LogP contribution in [0.4, 0.5) is 0 Å². The number of hydrogen-bond donors (Lipinski definition) is 1. The molecule has 1 fully saturated rings. The maximum Gasteiger partial charge on any atom is 0.245 e. The Morgan fingerprint density at radius 3 is 2.37 bits per heavy atom. The van der Waals surface area contributed by atoms with Gasteiger partial charge in [-0.1, -0.05) is 13.8 Å². The van der Waals surface area contributed by atoms with Crippen LogP contribution in [0, 0.1) is 0 Å². The van der Waals surface area contributed by atoms with Gasteiger partial charge >= 0.3 is 0 Å². The molecule has 0 aromatic rings. The Hall–Kier alpha value is -0.650. The lowest BCUT2D eigenvalue weighted by molar-refractivity contribution is -0.136. The molecule has 0 saturated carbocycles. The number of nitrogens with two attached hydrogens (primary N) is 1. The van der Waals surface area contributed by atoms with Gasteiger partial charge in [0.1, 0.15) is 5.54 Å². The molecular formula is C14H29N3O2. The van der Waals surface area contributed by atoms with Gasteiger partial charge in [-0.25, -0.2) is 0 Å². The molecule has 5 nitrogen and oxygen atoms in total. The van der Waals surface area contributed by atoms with Gasteiger partial charge < -0.3 is 20.3 Å². The summed E-state index contributed by atoms with van der Waals surface area (Å²) in [7, 11) is 0. The second kappa shape index (κ2) is 7.82. The summed E-state index contributed by atoms with van der Waals surface area (Å²) in [6, 6.07) is 0. The van der Waals surface area contributed by atoms with Gasteiger partial charge in [0.2, 0.25) is 5.91 Å². The molecule has 0 aliphatic carbocycles. The molecule has 0 aromatic carbocycles. The summed E-state index contributed by atoms with van der Waals surface area (Å²) >= 11 is 0. The minimum Gasteiger partial charge on any atom is -0.379 e. The molecule has 1 aliphatic rings. The standard InChI is InChI=1S/C14H29N3O2/c1-4-16(5-2)9-7-10-17(6-3)13(18)14(15)8-11-19-12-14/h4-12,15H2,1-3H3. The first-order valence-corrected chi connectivity index (χ1v) is 7.45. The number of carbonyl (C=O) groups excluding carboxylic acids is 1. The van der Waals surface area contributed by atoms with Crippen molar-refractivity contribution >= 4 is 5.91 Å². The molecule has 19 heavy (non-hydrogen) atoms. The van der Waals surface area contributed by atoms with E-state index in [0.717, 1.165) is 39.1 Å². The molecule has 0 radical (unpaired) electrons. The van der Waals surface area contributed by atoms with Crippen LogP contribution in [0.15, 0.2) is 0 Å². The normalized spacial score (nSPS) is 23.0. The van der Waals surface area contributed by atoms with Gasteiger partial charge in [0.15, 0.2) is 0 Å². The van der Waals surface area contributed by atoms with Gasteiger partial charge in [0.05, 0.1) is 6.61 Å². The van der Waals surface area contributed by atoms with Crippen LogP contribution in [0.1, 0.15) is 33.6 Å². The number of carbonyl (C=O) groups is 1. The van der Waals surface area contributed by atoms with Gasteiger partial charge in [-0.2, -0.15) is 0 Å². The summed E-state index contributed by atoms with van der Waals surface area (Å²) in [6.45, 7) is 11.9. The number of amides is 1. The number of nitrogens with zero attached hydrogens (tertiary/aromatic N) is 2. The van der Waals surface area contributed by atoms with Crippen LogP contribution < -0.4 is 5.73 Å². The topological polar surface area (TPSA) is 58.8 Å². The van der Waals surface area contributed by atoms with E-state index in [9.17, 15) is 4.79 Å². The van der Waals surface area contributed by atoms with E-state index in [1.807, 2.05) is 11.8 Å². The predicted molar refractivity (Wildman–Crippen MR) is 77.0 cm³/mol. The highest BCUT2D eigenvalue weighted by Gasteiger charge is 2.40. The fraction of sp³-hybridized carbons (Fsp3) is 0.929. The zero-order chi connectivity index (χ0) is 14.3. The lowest BCUT2D eigenvalue weighted by atomic mass is 9.98. The van der Waals surface area contributed by atoms with Gasteiger partial charge in [-0.15, -0.1) is 0 Å². The average Bonchev–Trinajstić information content (AvgIpc) is 2.87. The average molecular weight is 271 g/mol. The van der Waals surface area contributed by atoms with Crippen LogP contribution in [0.5, 0.6) is 0 Å². The molecule has 1 saturated heterocycles. The number of likely N-dealkylation sites (N-methyl/N-ethyl adjacent to an activating group) is 1. The monoisotopic (exact) mass is 271 g/mol. The molecule has 1 rings (SSSR count). The Kier molecular flexibility index (Phi) is 6.75. The van der Waals surface area contributed by atoms with E-state index in [2.05, 4.69) is 18.7 Å². The van der Waals surface area contributed by atoms with Crippen LogP contribution in [0.25, 0.3) is 0 Å². The molecule has 1 heterocycles.